The van der Waals surface area contributed by atoms with Gasteiger partial charge in [0.1, 0.15) is 11.6 Å². The number of amides is 2. The number of nitrogens with one attached hydrogen (secondary N) is 2. The van der Waals surface area contributed by atoms with Gasteiger partial charge in [0.05, 0.1) is 16.9 Å². The molecule has 23 heavy (non-hydrogen) atoms. The third-order valence-electron chi connectivity index (χ3n) is 2.71. The van der Waals surface area contributed by atoms with Crippen molar-refractivity contribution in [1.82, 2.24) is 0 Å². The first-order chi connectivity index (χ1) is 10.7. The molecule has 9 heteroatoms. The third-order valence-corrected chi connectivity index (χ3v) is 2.95. The molecule has 0 atom stereocenters. The van der Waals surface area contributed by atoms with Crippen molar-refractivity contribution in [3.63, 3.8) is 0 Å². The summed E-state index contributed by atoms with van der Waals surface area (Å²) in [5.74, 6) is -1.92. The monoisotopic (exact) mass is 350 g/mol. The van der Waals surface area contributed by atoms with Crippen LogP contribution in [0.15, 0.2) is 36.4 Å². The van der Waals surface area contributed by atoms with E-state index in [0.29, 0.717) is 12.1 Å². The predicted octanol–water partition coefficient (Wildman–Crippen LogP) is 5.28. The molecule has 2 aromatic carbocycles. The van der Waals surface area contributed by atoms with Crippen LogP contribution in [0.2, 0.25) is 5.02 Å². The van der Waals surface area contributed by atoms with Crippen LogP contribution in [0.3, 0.4) is 0 Å². The average Bonchev–Trinajstić information content (AvgIpc) is 2.43. The van der Waals surface area contributed by atoms with Gasteiger partial charge in [-0.25, -0.2) is 13.6 Å². The molecule has 2 N–H and O–H groups in total. The van der Waals surface area contributed by atoms with Crippen LogP contribution in [-0.4, -0.2) is 6.03 Å². The van der Waals surface area contributed by atoms with Gasteiger partial charge in [-0.05, 0) is 30.3 Å². The number of hydrogen-bond donors (Lipinski definition) is 2. The van der Waals surface area contributed by atoms with Crippen LogP contribution in [0.1, 0.15) is 5.56 Å². The number of carbonyl (C=O) groups excluding carboxylic acids is 1. The summed E-state index contributed by atoms with van der Waals surface area (Å²) in [5.41, 5.74) is -2.09. The molecule has 3 nitrogen and oxygen atoms in total. The minimum absolute atomic E-state index is 0.159. The summed E-state index contributed by atoms with van der Waals surface area (Å²) in [5, 5.41) is 3.77. The molecular weight excluding hydrogens is 343 g/mol. The smallest absolute Gasteiger partial charge is 0.307 e. The van der Waals surface area contributed by atoms with Crippen molar-refractivity contribution in [2.24, 2.45) is 0 Å². The molecule has 0 saturated heterocycles. The Hall–Kier alpha value is -2.35. The van der Waals surface area contributed by atoms with E-state index in [2.05, 4.69) is 0 Å². The quantitative estimate of drug-likeness (QED) is 0.711. The molecule has 0 aliphatic rings. The number of anilines is 2. The number of benzene rings is 2. The van der Waals surface area contributed by atoms with Crippen LogP contribution < -0.4 is 10.6 Å². The zero-order valence-corrected chi connectivity index (χ0v) is 11.9. The largest absolute Gasteiger partial charge is 0.418 e. The van der Waals surface area contributed by atoms with Crippen LogP contribution in [-0.2, 0) is 6.18 Å². The van der Waals surface area contributed by atoms with Crippen LogP contribution in [0.25, 0.3) is 0 Å². The summed E-state index contributed by atoms with van der Waals surface area (Å²) in [7, 11) is 0. The minimum Gasteiger partial charge on any atom is -0.307 e. The van der Waals surface area contributed by atoms with E-state index in [4.69, 9.17) is 11.6 Å². The Labute approximate surface area is 132 Å². The minimum atomic E-state index is -4.74. The Morgan fingerprint density at radius 2 is 1.57 bits per heavy atom. The lowest BCUT2D eigenvalue weighted by atomic mass is 10.1. The molecule has 2 rings (SSSR count). The summed E-state index contributed by atoms with van der Waals surface area (Å²) in [6.07, 6.45) is -4.74. The highest BCUT2D eigenvalue weighted by Crippen LogP contribution is 2.36. The van der Waals surface area contributed by atoms with Crippen molar-refractivity contribution >= 4 is 29.0 Å². The Kier molecular flexibility index (Phi) is 4.74. The number of rotatable bonds is 2. The van der Waals surface area contributed by atoms with Gasteiger partial charge < -0.3 is 10.6 Å². The molecule has 0 heterocycles. The van der Waals surface area contributed by atoms with Gasteiger partial charge in [0.25, 0.3) is 0 Å². The van der Waals surface area contributed by atoms with Gasteiger partial charge in [0.15, 0.2) is 0 Å². The molecule has 0 saturated carbocycles. The van der Waals surface area contributed by atoms with E-state index < -0.39 is 35.1 Å². The van der Waals surface area contributed by atoms with Crippen LogP contribution in [0.4, 0.5) is 38.1 Å². The summed E-state index contributed by atoms with van der Waals surface area (Å²) >= 11 is 5.51. The Balaban J connectivity index is 2.21. The molecule has 0 aliphatic carbocycles. The van der Waals surface area contributed by atoms with Crippen molar-refractivity contribution in [3.8, 4) is 0 Å². The number of halogens is 6. The summed E-state index contributed by atoms with van der Waals surface area (Å²) < 4.78 is 64.8. The maximum Gasteiger partial charge on any atom is 0.418 e. The first kappa shape index (κ1) is 17.0. The SMILES string of the molecule is O=C(Nc1ccc(F)cc1F)Nc1ccc(Cl)cc1C(F)(F)F. The van der Waals surface area contributed by atoms with Gasteiger partial charge in [-0.15, -0.1) is 0 Å². The Morgan fingerprint density at radius 3 is 2.17 bits per heavy atom. The van der Waals surface area contributed by atoms with Crippen molar-refractivity contribution < 1.29 is 26.7 Å². The van der Waals surface area contributed by atoms with E-state index in [-0.39, 0.29) is 10.7 Å². The molecule has 0 fully saturated rings. The van der Waals surface area contributed by atoms with Gasteiger partial charge in [-0.2, -0.15) is 13.2 Å². The van der Waals surface area contributed by atoms with E-state index in [0.717, 1.165) is 24.3 Å². The second-order valence-electron chi connectivity index (χ2n) is 4.39. The zero-order chi connectivity index (χ0) is 17.2. The average molecular weight is 351 g/mol. The number of alkyl halides is 3. The summed E-state index contributed by atoms with van der Waals surface area (Å²) in [4.78, 5) is 11.7. The Morgan fingerprint density at radius 1 is 0.957 bits per heavy atom. The van der Waals surface area contributed by atoms with Crippen LogP contribution >= 0.6 is 11.6 Å². The van der Waals surface area contributed by atoms with E-state index in [9.17, 15) is 26.7 Å². The number of urea groups is 1. The molecule has 0 aliphatic heterocycles. The second-order valence-corrected chi connectivity index (χ2v) is 4.83. The fourth-order valence-electron chi connectivity index (χ4n) is 1.73. The van der Waals surface area contributed by atoms with Gasteiger partial charge >= 0.3 is 12.2 Å². The van der Waals surface area contributed by atoms with Crippen LogP contribution in [0.5, 0.6) is 0 Å². The second kappa shape index (κ2) is 6.41. The van der Waals surface area contributed by atoms with Gasteiger partial charge in [-0.1, -0.05) is 11.6 Å². The molecular formula is C14H8ClF5N2O. The molecule has 0 spiro atoms. The molecule has 0 unspecified atom stereocenters. The van der Waals surface area contributed by atoms with Gasteiger partial charge in [0.2, 0.25) is 0 Å². The predicted molar refractivity (Wildman–Crippen MR) is 75.5 cm³/mol. The topological polar surface area (TPSA) is 41.1 Å². The van der Waals surface area contributed by atoms with Gasteiger partial charge in [-0.3, -0.25) is 0 Å². The Bertz CT molecular complexity index is 748. The van der Waals surface area contributed by atoms with E-state index in [1.807, 2.05) is 10.6 Å². The molecule has 0 radical (unpaired) electrons. The lowest BCUT2D eigenvalue weighted by molar-refractivity contribution is -0.136. The lowest BCUT2D eigenvalue weighted by Crippen LogP contribution is -2.22. The van der Waals surface area contributed by atoms with Crippen molar-refractivity contribution in [2.75, 3.05) is 10.6 Å². The fraction of sp³-hybridized carbons (Fsp3) is 0.0714. The molecule has 122 valence electrons. The summed E-state index contributed by atoms with van der Waals surface area (Å²) in [6.45, 7) is 0. The molecule has 2 amide bonds. The number of hydrogen-bond acceptors (Lipinski definition) is 1. The normalized spacial score (nSPS) is 11.2. The van der Waals surface area contributed by atoms with E-state index in [1.54, 1.807) is 0 Å². The van der Waals surface area contributed by atoms with Crippen molar-refractivity contribution in [2.45, 2.75) is 6.18 Å². The van der Waals surface area contributed by atoms with Gasteiger partial charge in [0, 0.05) is 11.1 Å². The maximum atomic E-state index is 13.4. The fourth-order valence-corrected chi connectivity index (χ4v) is 1.90. The first-order valence-corrected chi connectivity index (χ1v) is 6.44. The lowest BCUT2D eigenvalue weighted by Gasteiger charge is -2.14. The zero-order valence-electron chi connectivity index (χ0n) is 11.1. The number of carbonyl (C=O) groups is 1. The standard InChI is InChI=1S/C14H8ClF5N2O/c15-7-1-3-11(9(5-7)14(18,19)20)21-13(23)22-12-4-2-8(16)6-10(12)17/h1-6H,(H2,21,22,23). The third kappa shape index (κ3) is 4.32. The molecule has 2 aromatic rings. The van der Waals surface area contributed by atoms with Crippen molar-refractivity contribution in [1.29, 1.82) is 0 Å². The van der Waals surface area contributed by atoms with Crippen LogP contribution in [0, 0.1) is 11.6 Å². The van der Waals surface area contributed by atoms with E-state index >= 15 is 0 Å². The highest BCUT2D eigenvalue weighted by atomic mass is 35.5. The highest BCUT2D eigenvalue weighted by Gasteiger charge is 2.34. The summed E-state index contributed by atoms with van der Waals surface area (Å²) in [6, 6.07) is 4.01. The maximum absolute atomic E-state index is 13.4. The molecule has 0 aromatic heterocycles. The highest BCUT2D eigenvalue weighted by molar-refractivity contribution is 6.30. The van der Waals surface area contributed by atoms with Crippen molar-refractivity contribution in [3.05, 3.63) is 58.6 Å². The molecule has 0 bridgehead atoms. The first-order valence-electron chi connectivity index (χ1n) is 6.06. The van der Waals surface area contributed by atoms with E-state index in [1.165, 1.54) is 0 Å².